The summed E-state index contributed by atoms with van der Waals surface area (Å²) in [5, 5.41) is 0. The predicted octanol–water partition coefficient (Wildman–Crippen LogP) is 4.18. The Balaban J connectivity index is 2.18. The third kappa shape index (κ3) is 3.01. The molecule has 0 spiro atoms. The Morgan fingerprint density at radius 3 is 2.78 bits per heavy atom. The van der Waals surface area contributed by atoms with E-state index in [4.69, 9.17) is 8.85 Å². The molecule has 0 heterocycles. The van der Waals surface area contributed by atoms with Gasteiger partial charge in [0, 0.05) is 12.1 Å². The number of benzene rings is 2. The number of halogens is 2. The van der Waals surface area contributed by atoms with Gasteiger partial charge in [0.25, 0.3) is 0 Å². The van der Waals surface area contributed by atoms with E-state index in [2.05, 4.69) is 20.7 Å². The van der Waals surface area contributed by atoms with Gasteiger partial charge in [0.05, 0.1) is 15.6 Å². The largest absolute Gasteiger partial charge is 0.497 e. The predicted molar refractivity (Wildman–Crippen MR) is 71.4 cm³/mol. The van der Waals surface area contributed by atoms with Gasteiger partial charge >= 0.3 is 0 Å². The van der Waals surface area contributed by atoms with Gasteiger partial charge in [0.1, 0.15) is 23.9 Å². The Bertz CT molecular complexity index is 618. The van der Waals surface area contributed by atoms with Crippen LogP contribution in [0.3, 0.4) is 0 Å². The van der Waals surface area contributed by atoms with Gasteiger partial charge in [-0.25, -0.2) is 4.39 Å². The lowest BCUT2D eigenvalue weighted by Crippen LogP contribution is -1.97. The molecule has 0 aliphatic carbocycles. The number of ether oxygens (including phenoxy) is 2. The van der Waals surface area contributed by atoms with Crippen LogP contribution in [0.1, 0.15) is 9.68 Å². The molecule has 18 heavy (non-hydrogen) atoms. The van der Waals surface area contributed by atoms with Crippen molar-refractivity contribution in [2.75, 3.05) is 7.04 Å². The second-order valence-corrected chi connectivity index (χ2v) is 4.39. The van der Waals surface area contributed by atoms with Crippen LogP contribution >= 0.6 is 15.9 Å². The summed E-state index contributed by atoms with van der Waals surface area (Å²) in [7, 11) is -2.64. The van der Waals surface area contributed by atoms with Crippen LogP contribution in [0, 0.1) is 5.82 Å². The van der Waals surface area contributed by atoms with Gasteiger partial charge in [-0.2, -0.15) is 0 Å². The van der Waals surface area contributed by atoms with Crippen LogP contribution < -0.4 is 9.47 Å². The summed E-state index contributed by atoms with van der Waals surface area (Å²) in [6, 6.07) is 11.7. The monoisotopic (exact) mass is 313 g/mol. The lowest BCUT2D eigenvalue weighted by Gasteiger charge is -2.10. The first-order valence-corrected chi connectivity index (χ1v) is 5.99. The normalized spacial score (nSPS) is 13.3. The third-order valence-corrected chi connectivity index (χ3v) is 3.09. The van der Waals surface area contributed by atoms with Crippen LogP contribution in [0.4, 0.5) is 4.39 Å². The fourth-order valence-corrected chi connectivity index (χ4v) is 1.78. The minimum absolute atomic E-state index is 0.112. The van der Waals surface area contributed by atoms with Crippen LogP contribution in [-0.4, -0.2) is 7.04 Å². The second kappa shape index (κ2) is 5.87. The average Bonchev–Trinajstić information content (AvgIpc) is 2.40. The number of hydrogen-bond acceptors (Lipinski definition) is 2. The highest BCUT2D eigenvalue weighted by Crippen LogP contribution is 2.32. The third-order valence-electron chi connectivity index (χ3n) is 2.32. The molecular weight excluding hydrogens is 299 g/mol. The van der Waals surface area contributed by atoms with Gasteiger partial charge in [0.2, 0.25) is 0 Å². The van der Waals surface area contributed by atoms with Crippen molar-refractivity contribution in [1.29, 1.82) is 0 Å². The first-order chi connectivity index (χ1) is 9.85. The lowest BCUT2D eigenvalue weighted by molar-refractivity contribution is 0.299. The Morgan fingerprint density at radius 1 is 1.28 bits per heavy atom. The SMILES string of the molecule is [2H]C([2H])([2H])Oc1cc(F)c(Br)c(OCc2ccccc2)c1. The van der Waals surface area contributed by atoms with Crippen molar-refractivity contribution in [2.24, 2.45) is 0 Å². The topological polar surface area (TPSA) is 18.5 Å². The lowest BCUT2D eigenvalue weighted by atomic mass is 10.2. The quantitative estimate of drug-likeness (QED) is 0.843. The van der Waals surface area contributed by atoms with Crippen molar-refractivity contribution in [3.05, 3.63) is 58.3 Å². The molecular formula is C14H12BrFO2. The molecule has 0 bridgehead atoms. The van der Waals surface area contributed by atoms with Crippen molar-refractivity contribution < 1.29 is 18.0 Å². The highest BCUT2D eigenvalue weighted by Gasteiger charge is 2.10. The standard InChI is InChI=1S/C14H12BrFO2/c1-17-11-7-12(16)14(15)13(8-11)18-9-10-5-3-2-4-6-10/h2-8H,9H2,1H3/i1D3. The van der Waals surface area contributed by atoms with Crippen LogP contribution in [0.15, 0.2) is 46.9 Å². The van der Waals surface area contributed by atoms with Crippen LogP contribution in [0.25, 0.3) is 0 Å². The molecule has 2 aromatic carbocycles. The van der Waals surface area contributed by atoms with E-state index in [1.54, 1.807) is 0 Å². The molecule has 0 saturated heterocycles. The first kappa shape index (κ1) is 9.39. The summed E-state index contributed by atoms with van der Waals surface area (Å²) in [5.74, 6) is -0.586. The molecule has 0 N–H and O–H groups in total. The summed E-state index contributed by atoms with van der Waals surface area (Å²) >= 11 is 3.07. The van der Waals surface area contributed by atoms with E-state index in [0.29, 0.717) is 0 Å². The molecule has 0 unspecified atom stereocenters. The van der Waals surface area contributed by atoms with Crippen LogP contribution in [0.5, 0.6) is 11.5 Å². The average molecular weight is 314 g/mol. The number of methoxy groups -OCH3 is 1. The van der Waals surface area contributed by atoms with Crippen LogP contribution in [0.2, 0.25) is 0 Å². The van der Waals surface area contributed by atoms with Crippen LogP contribution in [-0.2, 0) is 6.61 Å². The van der Waals surface area contributed by atoms with Crippen molar-refractivity contribution >= 4 is 15.9 Å². The fraction of sp³-hybridized carbons (Fsp3) is 0.143. The molecule has 2 rings (SSSR count). The van der Waals surface area contributed by atoms with Gasteiger partial charge in [0.15, 0.2) is 0 Å². The van der Waals surface area contributed by atoms with E-state index >= 15 is 0 Å². The van der Waals surface area contributed by atoms with Crippen molar-refractivity contribution in [3.8, 4) is 11.5 Å². The van der Waals surface area contributed by atoms with Crippen molar-refractivity contribution in [3.63, 3.8) is 0 Å². The molecule has 0 aliphatic heterocycles. The maximum atomic E-state index is 13.8. The number of hydrogen-bond donors (Lipinski definition) is 0. The van der Waals surface area contributed by atoms with Crippen molar-refractivity contribution in [2.45, 2.75) is 6.61 Å². The highest BCUT2D eigenvalue weighted by atomic mass is 79.9. The zero-order valence-electron chi connectivity index (χ0n) is 12.3. The molecule has 2 nitrogen and oxygen atoms in total. The van der Waals surface area contributed by atoms with E-state index < -0.39 is 12.9 Å². The fourth-order valence-electron chi connectivity index (χ4n) is 1.44. The van der Waals surface area contributed by atoms with E-state index in [-0.39, 0.29) is 22.6 Å². The zero-order valence-corrected chi connectivity index (χ0v) is 10.9. The molecule has 0 aliphatic rings. The molecule has 0 amide bonds. The Hall–Kier alpha value is -1.55. The van der Waals surface area contributed by atoms with Gasteiger partial charge in [-0.15, -0.1) is 0 Å². The molecule has 4 heteroatoms. The minimum atomic E-state index is -2.64. The summed E-state index contributed by atoms with van der Waals surface area (Å²) in [4.78, 5) is 0. The summed E-state index contributed by atoms with van der Waals surface area (Å²) in [6.45, 7) is 0.232. The van der Waals surface area contributed by atoms with Crippen molar-refractivity contribution in [1.82, 2.24) is 0 Å². The van der Waals surface area contributed by atoms with Gasteiger partial charge in [-0.05, 0) is 21.5 Å². The van der Waals surface area contributed by atoms with E-state index in [0.717, 1.165) is 11.6 Å². The van der Waals surface area contributed by atoms with E-state index in [1.165, 1.54) is 6.07 Å². The minimum Gasteiger partial charge on any atom is -0.497 e. The summed E-state index contributed by atoms with van der Waals surface area (Å²) in [5.41, 5.74) is 0.909. The van der Waals surface area contributed by atoms with Gasteiger partial charge in [-0.1, -0.05) is 30.3 Å². The highest BCUT2D eigenvalue weighted by molar-refractivity contribution is 9.10. The molecule has 0 saturated carbocycles. The molecule has 0 radical (unpaired) electrons. The Kier molecular flexibility index (Phi) is 3.06. The summed E-state index contributed by atoms with van der Waals surface area (Å²) < 4.78 is 45.2. The molecule has 0 fully saturated rings. The molecule has 0 aromatic heterocycles. The maximum absolute atomic E-state index is 13.8. The summed E-state index contributed by atoms with van der Waals surface area (Å²) in [6.07, 6.45) is 0. The Labute approximate surface area is 118 Å². The smallest absolute Gasteiger partial charge is 0.144 e. The Morgan fingerprint density at radius 2 is 2.06 bits per heavy atom. The van der Waals surface area contributed by atoms with E-state index in [1.807, 2.05) is 30.3 Å². The van der Waals surface area contributed by atoms with Gasteiger partial charge < -0.3 is 9.47 Å². The zero-order chi connectivity index (χ0) is 15.5. The molecule has 94 valence electrons. The number of rotatable bonds is 4. The molecule has 0 atom stereocenters. The van der Waals surface area contributed by atoms with E-state index in [9.17, 15) is 4.39 Å². The first-order valence-electron chi connectivity index (χ1n) is 6.70. The second-order valence-electron chi connectivity index (χ2n) is 3.59. The molecule has 2 aromatic rings. The van der Waals surface area contributed by atoms with Gasteiger partial charge in [-0.3, -0.25) is 0 Å². The maximum Gasteiger partial charge on any atom is 0.144 e.